The highest BCUT2D eigenvalue weighted by Crippen LogP contribution is 2.30. The summed E-state index contributed by atoms with van der Waals surface area (Å²) < 4.78 is 68.2. The minimum absolute atomic E-state index is 0.301. The molecule has 0 aromatic heterocycles. The Bertz CT molecular complexity index is 409. The van der Waals surface area contributed by atoms with Crippen LogP contribution in [0.5, 0.6) is 11.5 Å². The van der Waals surface area contributed by atoms with Crippen LogP contribution in [0, 0.1) is 0 Å². The molecule has 0 N–H and O–H groups in total. The summed E-state index contributed by atoms with van der Waals surface area (Å²) in [5.41, 5.74) is 0.343. The molecule has 0 atom stereocenters. The molecule has 0 aliphatic carbocycles. The van der Waals surface area contributed by atoms with E-state index in [0.29, 0.717) is 24.3 Å². The maximum Gasteiger partial charge on any atom is 0.573 e. The minimum Gasteiger partial charge on any atom is -0.434 e. The Morgan fingerprint density at radius 3 is 2.42 bits per heavy atom. The highest BCUT2D eigenvalue weighted by atomic mass is 35.5. The fourth-order valence-electron chi connectivity index (χ4n) is 1.40. The molecule has 0 amide bonds. The molecule has 1 aromatic rings. The zero-order valence-electron chi connectivity index (χ0n) is 9.52. The summed E-state index contributed by atoms with van der Waals surface area (Å²) in [6.07, 6.45) is -4.09. The first-order valence-corrected chi connectivity index (χ1v) is 5.74. The zero-order valence-corrected chi connectivity index (χ0v) is 10.3. The average Bonchev–Trinajstić information content (AvgIpc) is 2.25. The van der Waals surface area contributed by atoms with Gasteiger partial charge in [-0.1, -0.05) is 6.07 Å². The Morgan fingerprint density at radius 2 is 1.89 bits per heavy atom. The molecule has 8 heteroatoms. The first-order chi connectivity index (χ1) is 8.81. The van der Waals surface area contributed by atoms with Crippen LogP contribution in [0.25, 0.3) is 0 Å². The second-order valence-corrected chi connectivity index (χ2v) is 3.87. The second kappa shape index (κ2) is 6.79. The van der Waals surface area contributed by atoms with Crippen molar-refractivity contribution in [1.29, 1.82) is 0 Å². The van der Waals surface area contributed by atoms with Gasteiger partial charge in [-0.25, -0.2) is 0 Å². The van der Waals surface area contributed by atoms with Crippen molar-refractivity contribution in [3.63, 3.8) is 0 Å². The molecular formula is C11H10ClF5O2. The van der Waals surface area contributed by atoms with Crippen LogP contribution in [0.1, 0.15) is 12.0 Å². The van der Waals surface area contributed by atoms with Gasteiger partial charge in [0.15, 0.2) is 0 Å². The number of halogens is 6. The van der Waals surface area contributed by atoms with Gasteiger partial charge in [0, 0.05) is 11.9 Å². The third kappa shape index (κ3) is 5.96. The normalized spacial score (nSPS) is 11.7. The second-order valence-electron chi connectivity index (χ2n) is 3.49. The number of rotatable bonds is 6. The molecule has 0 heterocycles. The third-order valence-corrected chi connectivity index (χ3v) is 2.34. The highest BCUT2D eigenvalue weighted by molar-refractivity contribution is 6.17. The van der Waals surface area contributed by atoms with E-state index in [9.17, 15) is 22.0 Å². The lowest BCUT2D eigenvalue weighted by atomic mass is 10.1. The van der Waals surface area contributed by atoms with E-state index in [4.69, 9.17) is 11.6 Å². The molecule has 0 saturated carbocycles. The molecule has 1 rings (SSSR count). The Balaban J connectivity index is 2.93. The highest BCUT2D eigenvalue weighted by Gasteiger charge is 2.31. The number of ether oxygens (including phenoxy) is 2. The fraction of sp³-hybridized carbons (Fsp3) is 0.455. The monoisotopic (exact) mass is 304 g/mol. The number of hydrogen-bond donors (Lipinski definition) is 0. The predicted molar refractivity (Wildman–Crippen MR) is 58.8 cm³/mol. The quantitative estimate of drug-likeness (QED) is 0.574. The number of alkyl halides is 6. The summed E-state index contributed by atoms with van der Waals surface area (Å²) in [4.78, 5) is 0. The van der Waals surface area contributed by atoms with Gasteiger partial charge in [0.1, 0.15) is 11.5 Å². The third-order valence-electron chi connectivity index (χ3n) is 2.07. The molecule has 0 aliphatic rings. The van der Waals surface area contributed by atoms with Gasteiger partial charge in [0.05, 0.1) is 0 Å². The van der Waals surface area contributed by atoms with Crippen molar-refractivity contribution in [2.24, 2.45) is 0 Å². The molecule has 0 spiro atoms. The topological polar surface area (TPSA) is 18.5 Å². The van der Waals surface area contributed by atoms with E-state index in [0.717, 1.165) is 12.1 Å². The van der Waals surface area contributed by atoms with E-state index in [1.807, 2.05) is 0 Å². The molecule has 108 valence electrons. The van der Waals surface area contributed by atoms with E-state index >= 15 is 0 Å². The summed E-state index contributed by atoms with van der Waals surface area (Å²) in [6.45, 7) is -3.13. The van der Waals surface area contributed by atoms with E-state index in [1.54, 1.807) is 0 Å². The van der Waals surface area contributed by atoms with Crippen LogP contribution in [0.4, 0.5) is 22.0 Å². The van der Waals surface area contributed by atoms with E-state index < -0.39 is 18.7 Å². The summed E-state index contributed by atoms with van der Waals surface area (Å²) in [6, 6.07) is 3.06. The van der Waals surface area contributed by atoms with Crippen LogP contribution in [-0.2, 0) is 6.42 Å². The van der Waals surface area contributed by atoms with Gasteiger partial charge < -0.3 is 9.47 Å². The molecule has 0 unspecified atom stereocenters. The van der Waals surface area contributed by atoms with Gasteiger partial charge in [0.2, 0.25) is 0 Å². The van der Waals surface area contributed by atoms with Crippen LogP contribution in [0.15, 0.2) is 18.2 Å². The van der Waals surface area contributed by atoms with Crippen molar-refractivity contribution in [2.75, 3.05) is 5.88 Å². The van der Waals surface area contributed by atoms with Crippen molar-refractivity contribution < 1.29 is 31.4 Å². The van der Waals surface area contributed by atoms with Gasteiger partial charge in [0.25, 0.3) is 0 Å². The van der Waals surface area contributed by atoms with Crippen molar-refractivity contribution in [1.82, 2.24) is 0 Å². The van der Waals surface area contributed by atoms with Gasteiger partial charge in [-0.15, -0.1) is 24.8 Å². The summed E-state index contributed by atoms with van der Waals surface area (Å²) in [7, 11) is 0. The van der Waals surface area contributed by atoms with Crippen LogP contribution in [-0.4, -0.2) is 18.9 Å². The maximum atomic E-state index is 12.2. The van der Waals surface area contributed by atoms with E-state index in [2.05, 4.69) is 9.47 Å². The molecule has 0 fully saturated rings. The van der Waals surface area contributed by atoms with Crippen LogP contribution < -0.4 is 9.47 Å². The first kappa shape index (κ1) is 15.8. The van der Waals surface area contributed by atoms with E-state index in [-0.39, 0.29) is 5.75 Å². The Hall–Kier alpha value is -1.24. The fourth-order valence-corrected chi connectivity index (χ4v) is 1.54. The van der Waals surface area contributed by atoms with Crippen LogP contribution in [0.3, 0.4) is 0 Å². The Kier molecular flexibility index (Phi) is 5.65. The first-order valence-electron chi connectivity index (χ1n) is 5.21. The van der Waals surface area contributed by atoms with Crippen LogP contribution >= 0.6 is 11.6 Å². The maximum absolute atomic E-state index is 12.2. The van der Waals surface area contributed by atoms with Gasteiger partial charge in [-0.3, -0.25) is 0 Å². The molecule has 1 aromatic carbocycles. The van der Waals surface area contributed by atoms with E-state index in [1.165, 1.54) is 6.07 Å². The molecule has 0 saturated heterocycles. The number of aryl methyl sites for hydroxylation is 1. The lowest BCUT2D eigenvalue weighted by molar-refractivity contribution is -0.274. The predicted octanol–water partition coefficient (Wildman–Crippen LogP) is 4.36. The SMILES string of the molecule is FC(F)Oc1cc(OC(F)(F)F)ccc1CCCCl. The van der Waals surface area contributed by atoms with Crippen LogP contribution in [0.2, 0.25) is 0 Å². The summed E-state index contributed by atoms with van der Waals surface area (Å²) in [5, 5.41) is 0. The van der Waals surface area contributed by atoms with Gasteiger partial charge >= 0.3 is 13.0 Å². The largest absolute Gasteiger partial charge is 0.573 e. The van der Waals surface area contributed by atoms with Gasteiger partial charge in [-0.2, -0.15) is 8.78 Å². The average molecular weight is 305 g/mol. The Morgan fingerprint density at radius 1 is 1.21 bits per heavy atom. The number of benzene rings is 1. The van der Waals surface area contributed by atoms with Crippen molar-refractivity contribution in [2.45, 2.75) is 25.8 Å². The zero-order chi connectivity index (χ0) is 14.5. The Labute approximate surface area is 111 Å². The molecular weight excluding hydrogens is 295 g/mol. The molecule has 0 bridgehead atoms. The number of hydrogen-bond acceptors (Lipinski definition) is 2. The molecule has 2 nitrogen and oxygen atoms in total. The van der Waals surface area contributed by atoms with Crippen molar-refractivity contribution in [3.05, 3.63) is 23.8 Å². The summed E-state index contributed by atoms with van der Waals surface area (Å²) >= 11 is 5.47. The molecule has 19 heavy (non-hydrogen) atoms. The summed E-state index contributed by atoms with van der Waals surface area (Å²) in [5.74, 6) is -0.658. The molecule has 0 aliphatic heterocycles. The molecule has 0 radical (unpaired) electrons. The van der Waals surface area contributed by atoms with Crippen molar-refractivity contribution >= 4 is 11.6 Å². The standard InChI is InChI=1S/C11H10ClF5O2/c12-5-1-2-7-3-4-8(19-11(15,16)17)6-9(7)18-10(13)14/h3-4,6,10H,1-2,5H2. The lowest BCUT2D eigenvalue weighted by Crippen LogP contribution is -2.17. The van der Waals surface area contributed by atoms with Gasteiger partial charge in [-0.05, 0) is 24.5 Å². The lowest BCUT2D eigenvalue weighted by Gasteiger charge is -2.14. The van der Waals surface area contributed by atoms with Crippen molar-refractivity contribution in [3.8, 4) is 11.5 Å². The smallest absolute Gasteiger partial charge is 0.434 e. The minimum atomic E-state index is -4.89.